The summed E-state index contributed by atoms with van der Waals surface area (Å²) >= 11 is 0. The highest BCUT2D eigenvalue weighted by Gasteiger charge is 2.30. The number of aliphatic hydroxyl groups is 1. The molecule has 0 radical (unpaired) electrons. The Hall–Kier alpha value is -0.760. The van der Waals surface area contributed by atoms with Crippen LogP contribution in [0.2, 0.25) is 0 Å². The third-order valence-corrected chi connectivity index (χ3v) is 2.00. The van der Waals surface area contributed by atoms with Gasteiger partial charge in [0.25, 0.3) is 0 Å². The topological polar surface area (TPSA) is 29.5 Å². The zero-order valence-electron chi connectivity index (χ0n) is 7.00. The molecule has 1 rings (SSSR count). The highest BCUT2D eigenvalue weighted by Crippen LogP contribution is 2.27. The van der Waals surface area contributed by atoms with Crippen LogP contribution in [0.4, 0.5) is 0 Å². The lowest BCUT2D eigenvalue weighted by molar-refractivity contribution is -0.141. The quantitative estimate of drug-likeness (QED) is 0.658. The summed E-state index contributed by atoms with van der Waals surface area (Å²) < 4.78 is 5.12. The molecule has 0 spiro atoms. The predicted octanol–water partition coefficient (Wildman–Crippen LogP) is 1.97. The molecule has 0 aromatic rings. The summed E-state index contributed by atoms with van der Waals surface area (Å²) in [6.45, 7) is 3.91. The van der Waals surface area contributed by atoms with Gasteiger partial charge < -0.3 is 9.84 Å². The van der Waals surface area contributed by atoms with Crippen LogP contribution < -0.4 is 0 Å². The lowest BCUT2D eigenvalue weighted by Gasteiger charge is -2.30. The van der Waals surface area contributed by atoms with Crippen molar-refractivity contribution in [3.05, 3.63) is 24.0 Å². The Morgan fingerprint density at radius 3 is 2.73 bits per heavy atom. The summed E-state index contributed by atoms with van der Waals surface area (Å²) in [5.74, 6) is -1.04. The van der Waals surface area contributed by atoms with E-state index < -0.39 is 5.79 Å². The van der Waals surface area contributed by atoms with E-state index in [2.05, 4.69) is 0 Å². The van der Waals surface area contributed by atoms with Crippen LogP contribution in [0, 0.1) is 0 Å². The standard InChI is InChI=1S/C9H14O2/c1-3-8-6-5-7-11-9(8,10)4-2/h5-7,10H,3-4H2,1-2H3. The minimum atomic E-state index is -1.04. The summed E-state index contributed by atoms with van der Waals surface area (Å²) in [7, 11) is 0. The Balaban J connectivity index is 2.82. The summed E-state index contributed by atoms with van der Waals surface area (Å²) in [6.07, 6.45) is 6.67. The van der Waals surface area contributed by atoms with Crippen LogP contribution in [-0.4, -0.2) is 10.9 Å². The van der Waals surface area contributed by atoms with E-state index in [1.807, 2.05) is 26.0 Å². The smallest absolute Gasteiger partial charge is 0.229 e. The molecule has 2 nitrogen and oxygen atoms in total. The summed E-state index contributed by atoms with van der Waals surface area (Å²) in [5.41, 5.74) is 0.947. The van der Waals surface area contributed by atoms with Crippen molar-refractivity contribution in [2.45, 2.75) is 32.5 Å². The van der Waals surface area contributed by atoms with Gasteiger partial charge in [0.05, 0.1) is 6.26 Å². The van der Waals surface area contributed by atoms with E-state index in [1.165, 1.54) is 6.26 Å². The Bertz CT molecular complexity index is 194. The van der Waals surface area contributed by atoms with Crippen molar-refractivity contribution in [2.24, 2.45) is 0 Å². The molecule has 0 aromatic carbocycles. The van der Waals surface area contributed by atoms with E-state index >= 15 is 0 Å². The molecule has 2 heteroatoms. The van der Waals surface area contributed by atoms with Crippen molar-refractivity contribution in [2.75, 3.05) is 0 Å². The monoisotopic (exact) mass is 154 g/mol. The van der Waals surface area contributed by atoms with E-state index in [-0.39, 0.29) is 0 Å². The fourth-order valence-corrected chi connectivity index (χ4v) is 1.22. The number of rotatable bonds is 2. The second-order valence-corrected chi connectivity index (χ2v) is 2.63. The second kappa shape index (κ2) is 3.09. The van der Waals surface area contributed by atoms with Crippen molar-refractivity contribution < 1.29 is 9.84 Å². The van der Waals surface area contributed by atoms with Crippen molar-refractivity contribution in [3.8, 4) is 0 Å². The average Bonchev–Trinajstić information content (AvgIpc) is 2.05. The number of hydrogen-bond acceptors (Lipinski definition) is 2. The number of allylic oxidation sites excluding steroid dienone is 2. The third kappa shape index (κ3) is 1.46. The minimum Gasteiger partial charge on any atom is -0.466 e. The molecule has 0 bridgehead atoms. The fourth-order valence-electron chi connectivity index (χ4n) is 1.22. The van der Waals surface area contributed by atoms with Crippen LogP contribution in [0.25, 0.3) is 0 Å². The van der Waals surface area contributed by atoms with Crippen molar-refractivity contribution in [1.29, 1.82) is 0 Å². The molecule has 0 aromatic heterocycles. The van der Waals surface area contributed by atoms with Crippen molar-refractivity contribution in [3.63, 3.8) is 0 Å². The second-order valence-electron chi connectivity index (χ2n) is 2.63. The average molecular weight is 154 g/mol. The van der Waals surface area contributed by atoms with Crippen LogP contribution in [-0.2, 0) is 4.74 Å². The van der Waals surface area contributed by atoms with Crippen molar-refractivity contribution in [1.82, 2.24) is 0 Å². The van der Waals surface area contributed by atoms with E-state index in [1.54, 1.807) is 0 Å². The maximum Gasteiger partial charge on any atom is 0.229 e. The molecule has 62 valence electrons. The Labute approximate surface area is 67.2 Å². The molecule has 0 amide bonds. The summed E-state index contributed by atoms with van der Waals surface area (Å²) in [4.78, 5) is 0. The Morgan fingerprint density at radius 1 is 1.55 bits per heavy atom. The summed E-state index contributed by atoms with van der Waals surface area (Å²) in [6, 6.07) is 0. The van der Waals surface area contributed by atoms with Crippen LogP contribution in [0.15, 0.2) is 24.0 Å². The van der Waals surface area contributed by atoms with Crippen LogP contribution in [0.5, 0.6) is 0 Å². The highest BCUT2D eigenvalue weighted by molar-refractivity contribution is 5.21. The molecule has 0 aliphatic carbocycles. The van der Waals surface area contributed by atoms with E-state index in [0.717, 1.165) is 12.0 Å². The third-order valence-electron chi connectivity index (χ3n) is 2.00. The maximum atomic E-state index is 9.80. The first-order valence-corrected chi connectivity index (χ1v) is 3.99. The normalized spacial score (nSPS) is 29.5. The maximum absolute atomic E-state index is 9.80. The molecule has 0 saturated heterocycles. The van der Waals surface area contributed by atoms with Crippen LogP contribution >= 0.6 is 0 Å². The number of hydrogen-bond donors (Lipinski definition) is 1. The lowest BCUT2D eigenvalue weighted by atomic mass is 9.99. The molecule has 1 aliphatic rings. The van der Waals surface area contributed by atoms with Gasteiger partial charge in [-0.1, -0.05) is 19.9 Å². The molecule has 0 fully saturated rings. The van der Waals surface area contributed by atoms with Gasteiger partial charge in [0.2, 0.25) is 5.79 Å². The fraction of sp³-hybridized carbons (Fsp3) is 0.556. The van der Waals surface area contributed by atoms with E-state index in [4.69, 9.17) is 4.74 Å². The van der Waals surface area contributed by atoms with Gasteiger partial charge in [-0.2, -0.15) is 0 Å². The lowest BCUT2D eigenvalue weighted by Crippen LogP contribution is -2.33. The molecule has 1 N–H and O–H groups in total. The zero-order valence-corrected chi connectivity index (χ0v) is 7.00. The number of ether oxygens (including phenoxy) is 1. The van der Waals surface area contributed by atoms with Crippen LogP contribution in [0.3, 0.4) is 0 Å². The largest absolute Gasteiger partial charge is 0.466 e. The molecule has 1 atom stereocenters. The molecular weight excluding hydrogens is 140 g/mol. The van der Waals surface area contributed by atoms with Gasteiger partial charge in [0.15, 0.2) is 0 Å². The first-order valence-electron chi connectivity index (χ1n) is 3.99. The Kier molecular flexibility index (Phi) is 2.35. The molecule has 11 heavy (non-hydrogen) atoms. The summed E-state index contributed by atoms with van der Waals surface area (Å²) in [5, 5.41) is 9.80. The van der Waals surface area contributed by atoms with Gasteiger partial charge in [-0.15, -0.1) is 0 Å². The molecule has 1 unspecified atom stereocenters. The predicted molar refractivity (Wildman–Crippen MR) is 43.8 cm³/mol. The Morgan fingerprint density at radius 2 is 2.27 bits per heavy atom. The zero-order chi connectivity index (χ0) is 8.32. The highest BCUT2D eigenvalue weighted by atomic mass is 16.6. The van der Waals surface area contributed by atoms with Gasteiger partial charge in [-0.3, -0.25) is 0 Å². The van der Waals surface area contributed by atoms with Gasteiger partial charge in [0.1, 0.15) is 0 Å². The van der Waals surface area contributed by atoms with Gasteiger partial charge in [-0.25, -0.2) is 0 Å². The molecular formula is C9H14O2. The van der Waals surface area contributed by atoms with Gasteiger partial charge >= 0.3 is 0 Å². The van der Waals surface area contributed by atoms with Crippen LogP contribution in [0.1, 0.15) is 26.7 Å². The SMILES string of the molecule is CCC1=CC=COC1(O)CC. The first kappa shape index (κ1) is 8.34. The van der Waals surface area contributed by atoms with Crippen molar-refractivity contribution >= 4 is 0 Å². The van der Waals surface area contributed by atoms with Gasteiger partial charge in [-0.05, 0) is 12.5 Å². The van der Waals surface area contributed by atoms with E-state index in [0.29, 0.717) is 6.42 Å². The minimum absolute atomic E-state index is 0.594. The molecule has 1 aliphatic heterocycles. The molecule has 1 heterocycles. The first-order chi connectivity index (χ1) is 5.23. The molecule has 0 saturated carbocycles. The van der Waals surface area contributed by atoms with Gasteiger partial charge in [0, 0.05) is 12.0 Å². The van der Waals surface area contributed by atoms with E-state index in [9.17, 15) is 5.11 Å².